The summed E-state index contributed by atoms with van der Waals surface area (Å²) in [6.07, 6.45) is 1.03. The molecule has 0 radical (unpaired) electrons. The second kappa shape index (κ2) is 12.2. The Kier molecular flexibility index (Phi) is 8.53. The molecule has 0 spiro atoms. The van der Waals surface area contributed by atoms with Gasteiger partial charge in [-0.1, -0.05) is 36.4 Å². The zero-order valence-electron chi connectivity index (χ0n) is 22.3. The summed E-state index contributed by atoms with van der Waals surface area (Å²) in [4.78, 5) is 17.9. The number of carbonyl (C=O) groups is 1. The van der Waals surface area contributed by atoms with Crippen LogP contribution in [0.3, 0.4) is 0 Å². The molecule has 40 heavy (non-hydrogen) atoms. The van der Waals surface area contributed by atoms with Gasteiger partial charge >= 0.3 is 5.97 Å². The Bertz CT molecular complexity index is 1550. The number of thiophene rings is 1. The van der Waals surface area contributed by atoms with Crippen LogP contribution in [0.4, 0.5) is 5.69 Å². The molecule has 3 heterocycles. The summed E-state index contributed by atoms with van der Waals surface area (Å²) in [5, 5.41) is 4.28. The van der Waals surface area contributed by atoms with Gasteiger partial charge in [-0.05, 0) is 67.5 Å². The molecule has 2 aromatic heterocycles. The lowest BCUT2D eigenvalue weighted by Gasteiger charge is -2.31. The van der Waals surface area contributed by atoms with E-state index >= 15 is 0 Å². The Morgan fingerprint density at radius 2 is 1.95 bits per heavy atom. The second-order valence-electron chi connectivity index (χ2n) is 9.38. The average Bonchev–Trinajstić information content (AvgIpc) is 3.62. The van der Waals surface area contributed by atoms with E-state index in [1.54, 1.807) is 42.5 Å². The lowest BCUT2D eigenvalue weighted by Crippen LogP contribution is -2.46. The van der Waals surface area contributed by atoms with E-state index in [0.717, 1.165) is 16.1 Å². The van der Waals surface area contributed by atoms with Crippen LogP contribution < -0.4 is 10.1 Å². The van der Waals surface area contributed by atoms with Crippen molar-refractivity contribution in [2.45, 2.75) is 45.2 Å². The van der Waals surface area contributed by atoms with E-state index in [-0.39, 0.29) is 26.3 Å². The number of fused-ring (bicyclic) bond motifs is 1. The summed E-state index contributed by atoms with van der Waals surface area (Å²) in [5.41, 5.74) is 3.30. The highest BCUT2D eigenvalue weighted by molar-refractivity contribution is 7.89. The maximum absolute atomic E-state index is 13.7. The number of benzene rings is 2. The fourth-order valence-electron chi connectivity index (χ4n) is 4.52. The van der Waals surface area contributed by atoms with Crippen LogP contribution in [0.15, 0.2) is 70.5 Å². The first-order valence-electron chi connectivity index (χ1n) is 13.0. The van der Waals surface area contributed by atoms with Crippen LogP contribution in [0.25, 0.3) is 10.8 Å². The minimum atomic E-state index is -3.88. The summed E-state index contributed by atoms with van der Waals surface area (Å²) in [6, 6.07) is 18.7. The standard InChI is InChI=1S/C29H31N3O6S2/c1-3-36-28(33)18-32(40(34,35)27-15-12-22-7-4-5-8-24(22)30-27)17-21-10-13-23(14-11-21)37-19-25-20(2)38-29(31-25)26-9-6-16-39-26/h4-11,13-14,16,27,30H,3,12,15,17-19H2,1-2H3. The van der Waals surface area contributed by atoms with Gasteiger partial charge in [0.05, 0.1) is 11.5 Å². The number of esters is 1. The first-order chi connectivity index (χ1) is 19.3. The van der Waals surface area contributed by atoms with Crippen LogP contribution in [0.5, 0.6) is 5.75 Å². The number of aryl methyl sites for hydroxylation is 2. The molecule has 5 rings (SSSR count). The summed E-state index contributed by atoms with van der Waals surface area (Å²) >= 11 is 1.56. The molecule has 0 fully saturated rings. The smallest absolute Gasteiger partial charge is 0.321 e. The lowest BCUT2D eigenvalue weighted by atomic mass is 10.0. The number of ether oxygens (including phenoxy) is 2. The fourth-order valence-corrected chi connectivity index (χ4v) is 6.83. The first kappa shape index (κ1) is 27.9. The number of anilines is 1. The van der Waals surface area contributed by atoms with Crippen LogP contribution in [0, 0.1) is 6.92 Å². The molecule has 1 aliphatic heterocycles. The first-order valence-corrected chi connectivity index (χ1v) is 15.4. The molecule has 11 heteroatoms. The number of carbonyl (C=O) groups excluding carboxylic acids is 1. The van der Waals surface area contributed by atoms with Crippen molar-refractivity contribution in [1.82, 2.24) is 9.29 Å². The van der Waals surface area contributed by atoms with Crippen LogP contribution in [-0.4, -0.2) is 42.2 Å². The van der Waals surface area contributed by atoms with Gasteiger partial charge in [0.2, 0.25) is 15.9 Å². The monoisotopic (exact) mass is 581 g/mol. The second-order valence-corrected chi connectivity index (χ2v) is 12.4. The Morgan fingerprint density at radius 3 is 2.70 bits per heavy atom. The number of rotatable bonds is 11. The van der Waals surface area contributed by atoms with Crippen molar-refractivity contribution in [3.8, 4) is 16.5 Å². The number of hydrogen-bond acceptors (Lipinski definition) is 9. The molecule has 2 aromatic carbocycles. The quantitative estimate of drug-likeness (QED) is 0.236. The highest BCUT2D eigenvalue weighted by Crippen LogP contribution is 2.29. The number of nitrogens with zero attached hydrogens (tertiary/aromatic N) is 2. The molecule has 1 atom stereocenters. The summed E-state index contributed by atoms with van der Waals surface area (Å²) in [6.45, 7) is 3.61. The van der Waals surface area contributed by atoms with Crippen molar-refractivity contribution in [3.63, 3.8) is 0 Å². The van der Waals surface area contributed by atoms with Gasteiger partial charge in [-0.25, -0.2) is 13.4 Å². The Labute approximate surface area is 237 Å². The van der Waals surface area contributed by atoms with E-state index in [1.165, 1.54) is 4.31 Å². The highest BCUT2D eigenvalue weighted by atomic mass is 32.2. The zero-order chi connectivity index (χ0) is 28.1. The molecule has 0 bridgehead atoms. The van der Waals surface area contributed by atoms with Crippen molar-refractivity contribution < 1.29 is 27.1 Å². The molecule has 1 unspecified atom stereocenters. The average molecular weight is 582 g/mol. The predicted molar refractivity (Wildman–Crippen MR) is 153 cm³/mol. The van der Waals surface area contributed by atoms with Gasteiger partial charge < -0.3 is 19.2 Å². The third-order valence-corrected chi connectivity index (χ3v) is 9.53. The number of para-hydroxylation sites is 1. The molecule has 0 saturated carbocycles. The molecule has 9 nitrogen and oxygen atoms in total. The third-order valence-electron chi connectivity index (χ3n) is 6.62. The SMILES string of the molecule is CCOC(=O)CN(Cc1ccc(OCc2nc(-c3cccs3)oc2C)cc1)S(=O)(=O)C1CCc2ccccc2N1. The molecular formula is C29H31N3O6S2. The molecule has 1 N–H and O–H groups in total. The highest BCUT2D eigenvalue weighted by Gasteiger charge is 2.35. The van der Waals surface area contributed by atoms with Gasteiger partial charge in [0, 0.05) is 12.2 Å². The molecule has 0 amide bonds. The maximum atomic E-state index is 13.7. The molecule has 0 aliphatic carbocycles. The third kappa shape index (κ3) is 6.38. The van der Waals surface area contributed by atoms with E-state index in [1.807, 2.05) is 48.7 Å². The molecule has 4 aromatic rings. The van der Waals surface area contributed by atoms with Crippen molar-refractivity contribution in [3.05, 3.63) is 88.6 Å². The van der Waals surface area contributed by atoms with Gasteiger partial charge in [0.25, 0.3) is 0 Å². The van der Waals surface area contributed by atoms with Crippen molar-refractivity contribution >= 4 is 33.0 Å². The molecule has 1 aliphatic rings. The zero-order valence-corrected chi connectivity index (χ0v) is 24.0. The molecular weight excluding hydrogens is 550 g/mol. The van der Waals surface area contributed by atoms with Gasteiger partial charge in [0.1, 0.15) is 35.7 Å². The Balaban J connectivity index is 1.27. The van der Waals surface area contributed by atoms with Crippen LogP contribution in [0.1, 0.15) is 35.9 Å². The van der Waals surface area contributed by atoms with E-state index < -0.39 is 21.4 Å². The normalized spacial score (nSPS) is 14.9. The van der Waals surface area contributed by atoms with Crippen LogP contribution in [0.2, 0.25) is 0 Å². The minimum absolute atomic E-state index is 0.0216. The Hall–Kier alpha value is -3.67. The summed E-state index contributed by atoms with van der Waals surface area (Å²) in [5.74, 6) is 1.28. The fraction of sp³-hybridized carbons (Fsp3) is 0.310. The van der Waals surface area contributed by atoms with Crippen LogP contribution >= 0.6 is 11.3 Å². The van der Waals surface area contributed by atoms with Crippen molar-refractivity contribution in [2.75, 3.05) is 18.5 Å². The summed E-state index contributed by atoms with van der Waals surface area (Å²) in [7, 11) is -3.88. The molecule has 210 valence electrons. The van der Waals surface area contributed by atoms with Crippen molar-refractivity contribution in [1.29, 1.82) is 0 Å². The van der Waals surface area contributed by atoms with E-state index in [4.69, 9.17) is 13.9 Å². The van der Waals surface area contributed by atoms with Gasteiger partial charge in [-0.2, -0.15) is 4.31 Å². The number of nitrogens with one attached hydrogen (secondary N) is 1. The number of aromatic nitrogens is 1. The number of oxazole rings is 1. The minimum Gasteiger partial charge on any atom is -0.487 e. The summed E-state index contributed by atoms with van der Waals surface area (Å²) < 4.78 is 45.4. The van der Waals surface area contributed by atoms with E-state index in [2.05, 4.69) is 10.3 Å². The van der Waals surface area contributed by atoms with Gasteiger partial charge in [-0.3, -0.25) is 4.79 Å². The van der Waals surface area contributed by atoms with Gasteiger partial charge in [0.15, 0.2) is 0 Å². The topological polar surface area (TPSA) is 111 Å². The van der Waals surface area contributed by atoms with Crippen LogP contribution in [-0.2, 0) is 39.1 Å². The maximum Gasteiger partial charge on any atom is 0.321 e. The Morgan fingerprint density at radius 1 is 1.15 bits per heavy atom. The van der Waals surface area contributed by atoms with E-state index in [9.17, 15) is 13.2 Å². The van der Waals surface area contributed by atoms with Crippen molar-refractivity contribution in [2.24, 2.45) is 0 Å². The molecule has 0 saturated heterocycles. The van der Waals surface area contributed by atoms with Gasteiger partial charge in [-0.15, -0.1) is 11.3 Å². The largest absolute Gasteiger partial charge is 0.487 e. The number of sulfonamides is 1. The predicted octanol–water partition coefficient (Wildman–Crippen LogP) is 5.37. The number of hydrogen-bond donors (Lipinski definition) is 1. The lowest BCUT2D eigenvalue weighted by molar-refractivity contribution is -0.143. The van der Waals surface area contributed by atoms with E-state index in [0.29, 0.717) is 41.5 Å².